The van der Waals surface area contributed by atoms with Gasteiger partial charge < -0.3 is 20.1 Å². The fraction of sp³-hybridized carbons (Fsp3) is 0.867. The molecule has 0 aromatic heterocycles. The molecule has 9 nitrogen and oxygen atoms in total. The Labute approximate surface area is 338 Å². The molecule has 0 saturated heterocycles. The van der Waals surface area contributed by atoms with Gasteiger partial charge in [0, 0.05) is 19.4 Å². The lowest BCUT2D eigenvalue weighted by molar-refractivity contribution is -0.161. The minimum atomic E-state index is -4.38. The van der Waals surface area contributed by atoms with E-state index in [4.69, 9.17) is 24.3 Å². The molecular weight excluding hydrogens is 713 g/mol. The van der Waals surface area contributed by atoms with Crippen molar-refractivity contribution in [1.29, 1.82) is 0 Å². The number of rotatable bonds is 43. The molecule has 0 heterocycles. The fourth-order valence-corrected chi connectivity index (χ4v) is 7.20. The van der Waals surface area contributed by atoms with Crippen molar-refractivity contribution >= 4 is 19.8 Å². The Morgan fingerprint density at radius 3 is 1.42 bits per heavy atom. The number of hydrogen-bond donors (Lipinski definition) is 2. The predicted molar refractivity (Wildman–Crippen MR) is 229 cm³/mol. The molecule has 324 valence electrons. The largest absolute Gasteiger partial charge is 0.472 e. The summed E-state index contributed by atoms with van der Waals surface area (Å²) in [4.78, 5) is 34.9. The van der Waals surface area contributed by atoms with Crippen molar-refractivity contribution in [2.75, 3.05) is 26.4 Å². The summed E-state index contributed by atoms with van der Waals surface area (Å²) in [5.74, 6) is -0.828. The van der Waals surface area contributed by atoms with Crippen LogP contribution in [0, 0.1) is 0 Å². The maximum Gasteiger partial charge on any atom is 0.472 e. The highest BCUT2D eigenvalue weighted by molar-refractivity contribution is 7.47. The van der Waals surface area contributed by atoms with Crippen molar-refractivity contribution in [2.24, 2.45) is 5.73 Å². The van der Waals surface area contributed by atoms with Gasteiger partial charge in [-0.25, -0.2) is 4.57 Å². The Balaban J connectivity index is 4.11. The molecular formula is C45H86NO8P. The van der Waals surface area contributed by atoms with Crippen LogP contribution in [0.4, 0.5) is 0 Å². The maximum atomic E-state index is 12.6. The fourth-order valence-electron chi connectivity index (χ4n) is 6.43. The first kappa shape index (κ1) is 53.5. The van der Waals surface area contributed by atoms with Crippen LogP contribution >= 0.6 is 7.82 Å². The minimum absolute atomic E-state index is 0.0540. The third kappa shape index (κ3) is 41.9. The lowest BCUT2D eigenvalue weighted by Gasteiger charge is -2.19. The molecule has 0 amide bonds. The number of carbonyl (C=O) groups is 2. The van der Waals surface area contributed by atoms with Gasteiger partial charge in [0.1, 0.15) is 6.61 Å². The highest BCUT2D eigenvalue weighted by Crippen LogP contribution is 2.43. The van der Waals surface area contributed by atoms with Gasteiger partial charge in [0.15, 0.2) is 6.10 Å². The summed E-state index contributed by atoms with van der Waals surface area (Å²) in [7, 11) is -4.38. The Morgan fingerprint density at radius 1 is 0.545 bits per heavy atom. The number of phosphoric acid groups is 1. The molecule has 0 saturated carbocycles. The molecule has 0 aliphatic heterocycles. The third-order valence-corrected chi connectivity index (χ3v) is 10.8. The summed E-state index contributed by atoms with van der Waals surface area (Å²) >= 11 is 0. The molecule has 0 bridgehead atoms. The van der Waals surface area contributed by atoms with E-state index in [0.29, 0.717) is 6.42 Å². The number of hydrogen-bond acceptors (Lipinski definition) is 8. The van der Waals surface area contributed by atoms with Crippen LogP contribution in [0.15, 0.2) is 24.3 Å². The number of unbranched alkanes of at least 4 members (excludes halogenated alkanes) is 26. The molecule has 0 fully saturated rings. The van der Waals surface area contributed by atoms with Crippen LogP contribution in [0.3, 0.4) is 0 Å². The molecule has 0 aromatic carbocycles. The zero-order valence-electron chi connectivity index (χ0n) is 35.7. The molecule has 0 aliphatic carbocycles. The predicted octanol–water partition coefficient (Wildman–Crippen LogP) is 13.2. The lowest BCUT2D eigenvalue weighted by atomic mass is 10.0. The first-order valence-electron chi connectivity index (χ1n) is 22.8. The van der Waals surface area contributed by atoms with Gasteiger partial charge in [-0.3, -0.25) is 18.6 Å². The van der Waals surface area contributed by atoms with E-state index in [1.807, 2.05) is 0 Å². The van der Waals surface area contributed by atoms with Crippen LogP contribution in [0.1, 0.15) is 219 Å². The van der Waals surface area contributed by atoms with E-state index in [0.717, 1.165) is 51.4 Å². The molecule has 3 N–H and O–H groups in total. The summed E-state index contributed by atoms with van der Waals surface area (Å²) < 4.78 is 32.8. The first-order valence-corrected chi connectivity index (χ1v) is 24.3. The van der Waals surface area contributed by atoms with Crippen molar-refractivity contribution in [3.05, 3.63) is 24.3 Å². The van der Waals surface area contributed by atoms with E-state index < -0.39 is 26.5 Å². The van der Waals surface area contributed by atoms with E-state index >= 15 is 0 Å². The van der Waals surface area contributed by atoms with Crippen LogP contribution < -0.4 is 5.73 Å². The summed E-state index contributed by atoms with van der Waals surface area (Å²) in [6, 6.07) is 0. The summed E-state index contributed by atoms with van der Waals surface area (Å²) in [5, 5.41) is 0. The van der Waals surface area contributed by atoms with Crippen LogP contribution in [-0.2, 0) is 32.7 Å². The Bertz CT molecular complexity index is 959. The van der Waals surface area contributed by atoms with E-state index in [1.165, 1.54) is 135 Å². The Kier molecular flexibility index (Phi) is 40.9. The molecule has 0 aliphatic rings. The minimum Gasteiger partial charge on any atom is -0.462 e. The van der Waals surface area contributed by atoms with Gasteiger partial charge in [-0.2, -0.15) is 0 Å². The molecule has 55 heavy (non-hydrogen) atoms. The number of carbonyl (C=O) groups excluding carboxylic acids is 2. The molecule has 0 aromatic rings. The number of phosphoric ester groups is 1. The van der Waals surface area contributed by atoms with Gasteiger partial charge in [0.25, 0.3) is 0 Å². The molecule has 2 atom stereocenters. The van der Waals surface area contributed by atoms with Crippen LogP contribution in [0.5, 0.6) is 0 Å². The highest BCUT2D eigenvalue weighted by atomic mass is 31.2. The second kappa shape index (κ2) is 42.1. The van der Waals surface area contributed by atoms with Crippen molar-refractivity contribution in [3.63, 3.8) is 0 Å². The van der Waals surface area contributed by atoms with E-state index in [2.05, 4.69) is 38.2 Å². The van der Waals surface area contributed by atoms with E-state index in [1.54, 1.807) is 0 Å². The van der Waals surface area contributed by atoms with Crippen molar-refractivity contribution < 1.29 is 37.6 Å². The average Bonchev–Trinajstić information content (AvgIpc) is 3.17. The SMILES string of the molecule is CCCCCC=CCC=CCCCCCCCCCC(=O)OC[C@H](COP(=O)(O)OCCN)OC(=O)CCCCCCCCCCCCCCCCCCC. The highest BCUT2D eigenvalue weighted by Gasteiger charge is 2.26. The normalized spacial score (nSPS) is 13.5. The Hall–Kier alpha value is -1.51. The van der Waals surface area contributed by atoms with Crippen molar-refractivity contribution in [3.8, 4) is 0 Å². The number of ether oxygens (including phenoxy) is 2. The van der Waals surface area contributed by atoms with Gasteiger partial charge in [-0.05, 0) is 44.9 Å². The monoisotopic (exact) mass is 800 g/mol. The first-order chi connectivity index (χ1) is 26.8. The third-order valence-electron chi connectivity index (χ3n) is 9.84. The smallest absolute Gasteiger partial charge is 0.462 e. The quantitative estimate of drug-likeness (QED) is 0.0267. The van der Waals surface area contributed by atoms with Crippen LogP contribution in [-0.4, -0.2) is 49.3 Å². The van der Waals surface area contributed by atoms with Crippen LogP contribution in [0.25, 0.3) is 0 Å². The number of esters is 2. The molecule has 1 unspecified atom stereocenters. The van der Waals surface area contributed by atoms with Crippen molar-refractivity contribution in [2.45, 2.75) is 225 Å². The summed E-state index contributed by atoms with van der Waals surface area (Å²) in [6.07, 6.45) is 44.9. The van der Waals surface area contributed by atoms with Gasteiger partial charge in [0.2, 0.25) is 0 Å². The van der Waals surface area contributed by atoms with E-state index in [9.17, 15) is 19.0 Å². The summed E-state index contributed by atoms with van der Waals surface area (Å²) in [6.45, 7) is 3.73. The standard InChI is InChI=1S/C45H86NO8P/c1-3-5-7-9-11-13-15-17-19-21-23-25-27-29-31-33-35-37-44(47)51-41-43(42-53-55(49,50)52-40-39-46)54-45(48)38-36-34-32-30-28-26-24-22-20-18-16-14-12-10-8-6-4-2/h11,13,17,19,43H,3-10,12,14-16,18,20-42,46H2,1-2H3,(H,49,50)/t43-/m1/s1. The zero-order chi connectivity index (χ0) is 40.3. The zero-order valence-corrected chi connectivity index (χ0v) is 36.6. The van der Waals surface area contributed by atoms with Gasteiger partial charge in [-0.15, -0.1) is 0 Å². The molecule has 0 spiro atoms. The molecule has 0 radical (unpaired) electrons. The molecule has 0 rings (SSSR count). The maximum absolute atomic E-state index is 12.6. The van der Waals surface area contributed by atoms with Crippen molar-refractivity contribution in [1.82, 2.24) is 0 Å². The average molecular weight is 800 g/mol. The Morgan fingerprint density at radius 2 is 0.945 bits per heavy atom. The molecule has 10 heteroatoms. The number of nitrogens with two attached hydrogens (primary N) is 1. The topological polar surface area (TPSA) is 134 Å². The van der Waals surface area contributed by atoms with Gasteiger partial charge >= 0.3 is 19.8 Å². The van der Waals surface area contributed by atoms with Crippen LogP contribution in [0.2, 0.25) is 0 Å². The van der Waals surface area contributed by atoms with Gasteiger partial charge in [0.05, 0.1) is 13.2 Å². The summed E-state index contributed by atoms with van der Waals surface area (Å²) in [5.41, 5.74) is 5.35. The van der Waals surface area contributed by atoms with Gasteiger partial charge in [-0.1, -0.05) is 186 Å². The number of allylic oxidation sites excluding steroid dienone is 4. The second-order valence-corrected chi connectivity index (χ2v) is 16.7. The van der Waals surface area contributed by atoms with E-state index in [-0.39, 0.29) is 38.6 Å². The second-order valence-electron chi connectivity index (χ2n) is 15.3. The lowest BCUT2D eigenvalue weighted by Crippen LogP contribution is -2.29.